The molecule has 0 aromatic carbocycles. The number of alkyl halides is 3. The van der Waals surface area contributed by atoms with Crippen molar-refractivity contribution < 1.29 is 13.2 Å². The molecule has 5 heteroatoms. The molecule has 1 N–H and O–H groups in total. The predicted molar refractivity (Wildman–Crippen MR) is 67.6 cm³/mol. The molecule has 0 aliphatic heterocycles. The fraction of sp³-hybridized carbons (Fsp3) is 1.00. The average molecular weight is 266 g/mol. The van der Waals surface area contributed by atoms with Crippen LogP contribution in [0.5, 0.6) is 0 Å². The average Bonchev–Trinajstić information content (AvgIpc) is 2.73. The Labute approximate surface area is 108 Å². The molecule has 2 nitrogen and oxygen atoms in total. The molecular formula is C13H25F3N2. The zero-order chi connectivity index (χ0) is 13.8. The molecule has 0 saturated heterocycles. The van der Waals surface area contributed by atoms with E-state index in [1.807, 2.05) is 20.8 Å². The highest BCUT2D eigenvalue weighted by molar-refractivity contribution is 4.79. The van der Waals surface area contributed by atoms with Crippen molar-refractivity contribution in [1.29, 1.82) is 0 Å². The maximum atomic E-state index is 12.5. The second-order valence-electron chi connectivity index (χ2n) is 5.62. The van der Waals surface area contributed by atoms with Crippen LogP contribution >= 0.6 is 0 Å². The Bertz CT molecular complexity index is 235. The van der Waals surface area contributed by atoms with Crippen molar-refractivity contribution in [2.24, 2.45) is 0 Å². The lowest BCUT2D eigenvalue weighted by molar-refractivity contribution is -0.154. The van der Waals surface area contributed by atoms with Crippen LogP contribution in [-0.2, 0) is 0 Å². The molecule has 0 aromatic rings. The minimum Gasteiger partial charge on any atom is -0.312 e. The van der Waals surface area contributed by atoms with Gasteiger partial charge < -0.3 is 5.32 Å². The third-order valence-corrected chi connectivity index (χ3v) is 3.65. The van der Waals surface area contributed by atoms with Crippen LogP contribution in [0.1, 0.15) is 46.5 Å². The summed E-state index contributed by atoms with van der Waals surface area (Å²) in [6, 6.07) is 0.326. The van der Waals surface area contributed by atoms with Crippen molar-refractivity contribution in [3.8, 4) is 0 Å². The summed E-state index contributed by atoms with van der Waals surface area (Å²) in [4.78, 5) is 1.52. The zero-order valence-electron chi connectivity index (χ0n) is 11.6. The van der Waals surface area contributed by atoms with Crippen molar-refractivity contribution in [2.45, 2.75) is 70.8 Å². The topological polar surface area (TPSA) is 15.3 Å². The van der Waals surface area contributed by atoms with Crippen LogP contribution in [0.4, 0.5) is 13.2 Å². The van der Waals surface area contributed by atoms with E-state index in [1.165, 1.54) is 17.7 Å². The molecule has 1 saturated carbocycles. The number of rotatable bonds is 6. The van der Waals surface area contributed by atoms with Gasteiger partial charge in [-0.05, 0) is 33.6 Å². The minimum atomic E-state index is -4.12. The number of hydrogen-bond donors (Lipinski definition) is 1. The molecular weight excluding hydrogens is 241 g/mol. The lowest BCUT2D eigenvalue weighted by atomic mass is 10.2. The smallest absolute Gasteiger partial charge is 0.312 e. The number of hydrogen-bond acceptors (Lipinski definition) is 2. The molecule has 0 spiro atoms. The highest BCUT2D eigenvalue weighted by Crippen LogP contribution is 2.21. The molecule has 108 valence electrons. The molecule has 1 unspecified atom stereocenters. The largest absolute Gasteiger partial charge is 0.401 e. The summed E-state index contributed by atoms with van der Waals surface area (Å²) < 4.78 is 37.5. The first kappa shape index (κ1) is 15.8. The lowest BCUT2D eigenvalue weighted by Gasteiger charge is -2.34. The molecule has 1 rings (SSSR count). The highest BCUT2D eigenvalue weighted by atomic mass is 19.4. The monoisotopic (exact) mass is 266 g/mol. The van der Waals surface area contributed by atoms with Crippen molar-refractivity contribution in [3.05, 3.63) is 0 Å². The van der Waals surface area contributed by atoms with E-state index in [0.29, 0.717) is 12.6 Å². The van der Waals surface area contributed by atoms with Crippen LogP contribution in [-0.4, -0.2) is 42.3 Å². The van der Waals surface area contributed by atoms with Crippen molar-refractivity contribution >= 4 is 0 Å². The van der Waals surface area contributed by atoms with Gasteiger partial charge in [-0.2, -0.15) is 13.2 Å². The van der Waals surface area contributed by atoms with Crippen LogP contribution in [0.15, 0.2) is 0 Å². The van der Waals surface area contributed by atoms with E-state index in [-0.39, 0.29) is 12.1 Å². The van der Waals surface area contributed by atoms with Gasteiger partial charge >= 0.3 is 6.18 Å². The Balaban J connectivity index is 2.40. The highest BCUT2D eigenvalue weighted by Gasteiger charge is 2.33. The van der Waals surface area contributed by atoms with Gasteiger partial charge in [-0.3, -0.25) is 4.90 Å². The Morgan fingerprint density at radius 1 is 1.17 bits per heavy atom. The molecule has 1 aliphatic carbocycles. The summed E-state index contributed by atoms with van der Waals surface area (Å²) in [6.45, 7) is 5.32. The Hall–Kier alpha value is -0.290. The molecule has 0 aromatic heterocycles. The van der Waals surface area contributed by atoms with Crippen molar-refractivity contribution in [1.82, 2.24) is 10.2 Å². The second-order valence-corrected chi connectivity index (χ2v) is 5.62. The molecule has 1 fully saturated rings. The van der Waals surface area contributed by atoms with E-state index in [9.17, 15) is 13.2 Å². The van der Waals surface area contributed by atoms with Gasteiger partial charge in [0.2, 0.25) is 0 Å². The first-order chi connectivity index (χ1) is 8.29. The normalized spacial score (nSPS) is 20.0. The van der Waals surface area contributed by atoms with Crippen LogP contribution in [0.25, 0.3) is 0 Å². The summed E-state index contributed by atoms with van der Waals surface area (Å²) in [5.74, 6) is 0. The van der Waals surface area contributed by atoms with Crippen LogP contribution < -0.4 is 5.32 Å². The maximum Gasteiger partial charge on any atom is 0.401 e. The molecule has 1 aliphatic rings. The minimum absolute atomic E-state index is 0.0905. The van der Waals surface area contributed by atoms with Gasteiger partial charge in [-0.1, -0.05) is 12.8 Å². The Morgan fingerprint density at radius 2 is 1.72 bits per heavy atom. The van der Waals surface area contributed by atoms with Crippen molar-refractivity contribution in [2.75, 3.05) is 13.1 Å². The van der Waals surface area contributed by atoms with Crippen LogP contribution in [0.3, 0.4) is 0 Å². The van der Waals surface area contributed by atoms with Gasteiger partial charge in [-0.15, -0.1) is 0 Å². The molecule has 0 bridgehead atoms. The fourth-order valence-corrected chi connectivity index (χ4v) is 2.64. The predicted octanol–water partition coefficient (Wildman–Crippen LogP) is 3.18. The number of nitrogens with zero attached hydrogens (tertiary/aromatic N) is 1. The first-order valence-electron chi connectivity index (χ1n) is 6.85. The first-order valence-corrected chi connectivity index (χ1v) is 6.85. The lowest BCUT2D eigenvalue weighted by Crippen LogP contribution is -2.49. The van der Waals surface area contributed by atoms with Crippen molar-refractivity contribution in [3.63, 3.8) is 0 Å². The molecule has 1 atom stereocenters. The van der Waals surface area contributed by atoms with E-state index < -0.39 is 12.7 Å². The van der Waals surface area contributed by atoms with Gasteiger partial charge in [0.15, 0.2) is 0 Å². The number of halogens is 3. The summed E-state index contributed by atoms with van der Waals surface area (Å²) in [7, 11) is 0. The molecule has 0 radical (unpaired) electrons. The summed E-state index contributed by atoms with van der Waals surface area (Å²) in [6.07, 6.45) is 0.679. The van der Waals surface area contributed by atoms with Gasteiger partial charge in [0.05, 0.1) is 6.54 Å². The van der Waals surface area contributed by atoms with E-state index >= 15 is 0 Å². The maximum absolute atomic E-state index is 12.5. The molecule has 0 heterocycles. The third-order valence-electron chi connectivity index (χ3n) is 3.65. The third kappa shape index (κ3) is 5.57. The SMILES string of the molecule is CC(C)N(CC(F)(F)F)C(C)CNC1CCCC1. The van der Waals surface area contributed by atoms with Crippen LogP contribution in [0, 0.1) is 0 Å². The van der Waals surface area contributed by atoms with Gasteiger partial charge in [-0.25, -0.2) is 0 Å². The fourth-order valence-electron chi connectivity index (χ4n) is 2.64. The van der Waals surface area contributed by atoms with Crippen LogP contribution in [0.2, 0.25) is 0 Å². The van der Waals surface area contributed by atoms with Gasteiger partial charge in [0.25, 0.3) is 0 Å². The van der Waals surface area contributed by atoms with E-state index in [1.54, 1.807) is 0 Å². The standard InChI is InChI=1S/C13H25F3N2/c1-10(2)18(9-13(14,15)16)11(3)8-17-12-6-4-5-7-12/h10-12,17H,4-9H2,1-3H3. The second kappa shape index (κ2) is 6.75. The molecule has 18 heavy (non-hydrogen) atoms. The molecule has 0 amide bonds. The zero-order valence-corrected chi connectivity index (χ0v) is 11.6. The summed E-state index contributed by atoms with van der Waals surface area (Å²) >= 11 is 0. The summed E-state index contributed by atoms with van der Waals surface area (Å²) in [5.41, 5.74) is 0. The van der Waals surface area contributed by atoms with E-state index in [0.717, 1.165) is 12.8 Å². The van der Waals surface area contributed by atoms with E-state index in [2.05, 4.69) is 5.32 Å². The van der Waals surface area contributed by atoms with Gasteiger partial charge in [0, 0.05) is 24.7 Å². The summed E-state index contributed by atoms with van der Waals surface area (Å²) in [5, 5.41) is 3.39. The van der Waals surface area contributed by atoms with Gasteiger partial charge in [0.1, 0.15) is 0 Å². The Kier molecular flexibility index (Phi) is 5.92. The quantitative estimate of drug-likeness (QED) is 0.794. The number of nitrogens with one attached hydrogen (secondary N) is 1. The Morgan fingerprint density at radius 3 is 2.17 bits per heavy atom. The van der Waals surface area contributed by atoms with E-state index in [4.69, 9.17) is 0 Å².